The van der Waals surface area contributed by atoms with Crippen molar-refractivity contribution in [3.05, 3.63) is 53.6 Å². The van der Waals surface area contributed by atoms with Crippen LogP contribution in [0.1, 0.15) is 55.8 Å². The average molecular weight is 296 g/mol. The van der Waals surface area contributed by atoms with E-state index in [1.54, 1.807) is 12.1 Å². The summed E-state index contributed by atoms with van der Waals surface area (Å²) >= 11 is 0. The Hall–Kier alpha value is -1.54. The van der Waals surface area contributed by atoms with Gasteiger partial charge in [-0.15, -0.1) is 0 Å². The first-order valence-electron chi connectivity index (χ1n) is 8.38. The molecule has 1 saturated carbocycles. The van der Waals surface area contributed by atoms with E-state index in [-0.39, 0.29) is 11.2 Å². The maximum atomic E-state index is 10.6. The Bertz CT molecular complexity index is 660. The van der Waals surface area contributed by atoms with Gasteiger partial charge in [0.15, 0.2) is 0 Å². The zero-order valence-corrected chi connectivity index (χ0v) is 13.1. The van der Waals surface area contributed by atoms with E-state index in [9.17, 15) is 10.2 Å². The van der Waals surface area contributed by atoms with Crippen molar-refractivity contribution < 1.29 is 10.2 Å². The zero-order chi connectivity index (χ0) is 15.5. The van der Waals surface area contributed by atoms with Crippen LogP contribution < -0.4 is 0 Å². The molecule has 0 aromatic heterocycles. The fraction of sp³-hybridized carbons (Fsp3) is 0.500. The fourth-order valence-electron chi connectivity index (χ4n) is 5.49. The predicted molar refractivity (Wildman–Crippen MR) is 87.6 cm³/mol. The van der Waals surface area contributed by atoms with E-state index >= 15 is 0 Å². The van der Waals surface area contributed by atoms with Crippen LogP contribution in [0, 0.1) is 17.3 Å². The summed E-state index contributed by atoms with van der Waals surface area (Å²) in [5.41, 5.74) is 3.84. The molecule has 1 fully saturated rings. The van der Waals surface area contributed by atoms with E-state index < -0.39 is 6.10 Å². The summed E-state index contributed by atoms with van der Waals surface area (Å²) in [6, 6.07) is 5.56. The molecule has 3 unspecified atom stereocenters. The summed E-state index contributed by atoms with van der Waals surface area (Å²) in [6.07, 6.45) is 8.22. The standard InChI is InChI=1S/C20H24O2/c1-3-12-4-7-18-16-11-19(22)17-10-13(21)5-6-14(17)15(16)8-9-20(12,18)2/h3-6,10,15-16,18-19,21-22H,1,7-9,11H2,2H3/t15?,16?,18?,19-,20-/m1/s1. The van der Waals surface area contributed by atoms with E-state index in [0.717, 1.165) is 24.8 Å². The fourth-order valence-corrected chi connectivity index (χ4v) is 5.49. The third-order valence-electron chi connectivity index (χ3n) is 6.62. The first kappa shape index (κ1) is 14.1. The number of fused-ring (bicyclic) bond motifs is 5. The highest BCUT2D eigenvalue weighted by Crippen LogP contribution is 2.62. The number of aromatic hydroxyl groups is 1. The molecule has 0 heterocycles. The molecule has 0 bridgehead atoms. The molecule has 5 atom stereocenters. The van der Waals surface area contributed by atoms with Crippen LogP contribution in [-0.4, -0.2) is 10.2 Å². The van der Waals surface area contributed by atoms with Crippen molar-refractivity contribution in [2.45, 2.75) is 44.6 Å². The van der Waals surface area contributed by atoms with Gasteiger partial charge in [-0.05, 0) is 77.7 Å². The molecule has 0 radical (unpaired) electrons. The van der Waals surface area contributed by atoms with Gasteiger partial charge in [0.25, 0.3) is 0 Å². The monoisotopic (exact) mass is 296 g/mol. The van der Waals surface area contributed by atoms with Crippen LogP contribution in [0.3, 0.4) is 0 Å². The number of rotatable bonds is 1. The smallest absolute Gasteiger partial charge is 0.115 e. The van der Waals surface area contributed by atoms with E-state index in [4.69, 9.17) is 0 Å². The zero-order valence-electron chi connectivity index (χ0n) is 13.1. The summed E-state index contributed by atoms with van der Waals surface area (Å²) in [4.78, 5) is 0. The van der Waals surface area contributed by atoms with Gasteiger partial charge >= 0.3 is 0 Å². The van der Waals surface area contributed by atoms with Gasteiger partial charge in [0.2, 0.25) is 0 Å². The van der Waals surface area contributed by atoms with Crippen molar-refractivity contribution in [3.8, 4) is 5.75 Å². The second kappa shape index (κ2) is 4.73. The molecule has 0 amide bonds. The van der Waals surface area contributed by atoms with Crippen molar-refractivity contribution in [3.63, 3.8) is 0 Å². The van der Waals surface area contributed by atoms with Crippen molar-refractivity contribution >= 4 is 0 Å². The Labute approximate surface area is 132 Å². The molecule has 2 nitrogen and oxygen atoms in total. The minimum absolute atomic E-state index is 0.233. The molecule has 2 N–H and O–H groups in total. The number of phenolic OH excluding ortho intramolecular Hbond substituents is 1. The van der Waals surface area contributed by atoms with Gasteiger partial charge in [0, 0.05) is 0 Å². The quantitative estimate of drug-likeness (QED) is 0.803. The lowest BCUT2D eigenvalue weighted by Crippen LogP contribution is -2.41. The largest absolute Gasteiger partial charge is 0.508 e. The van der Waals surface area contributed by atoms with E-state index in [1.165, 1.54) is 17.6 Å². The number of hydrogen-bond acceptors (Lipinski definition) is 2. The van der Waals surface area contributed by atoms with Crippen LogP contribution >= 0.6 is 0 Å². The normalized spacial score (nSPS) is 39.5. The summed E-state index contributed by atoms with van der Waals surface area (Å²) in [7, 11) is 0. The van der Waals surface area contributed by atoms with Crippen LogP contribution in [0.15, 0.2) is 42.5 Å². The van der Waals surface area contributed by atoms with Crippen LogP contribution in [0.25, 0.3) is 0 Å². The molecule has 4 rings (SSSR count). The van der Waals surface area contributed by atoms with Gasteiger partial charge in [-0.1, -0.05) is 31.7 Å². The Morgan fingerprint density at radius 3 is 2.91 bits per heavy atom. The van der Waals surface area contributed by atoms with Crippen molar-refractivity contribution in [2.75, 3.05) is 0 Å². The lowest BCUT2D eigenvalue weighted by molar-refractivity contribution is 0.0282. The number of benzene rings is 1. The van der Waals surface area contributed by atoms with E-state index in [2.05, 4.69) is 19.6 Å². The highest BCUT2D eigenvalue weighted by Gasteiger charge is 2.52. The number of phenols is 1. The highest BCUT2D eigenvalue weighted by molar-refractivity contribution is 5.43. The highest BCUT2D eigenvalue weighted by atomic mass is 16.3. The van der Waals surface area contributed by atoms with Gasteiger partial charge in [-0.2, -0.15) is 0 Å². The maximum Gasteiger partial charge on any atom is 0.115 e. The minimum Gasteiger partial charge on any atom is -0.508 e. The molecular formula is C20H24O2. The summed E-state index contributed by atoms with van der Waals surface area (Å²) in [5.74, 6) is 1.92. The first-order valence-corrected chi connectivity index (χ1v) is 8.38. The average Bonchev–Trinajstić information content (AvgIpc) is 2.84. The summed E-state index contributed by atoms with van der Waals surface area (Å²) in [6.45, 7) is 6.38. The molecular weight excluding hydrogens is 272 g/mol. The molecule has 0 saturated heterocycles. The van der Waals surface area contributed by atoms with Crippen molar-refractivity contribution in [1.82, 2.24) is 0 Å². The van der Waals surface area contributed by atoms with Gasteiger partial charge < -0.3 is 10.2 Å². The van der Waals surface area contributed by atoms with Crippen LogP contribution in [0.4, 0.5) is 0 Å². The first-order chi connectivity index (χ1) is 10.5. The van der Waals surface area contributed by atoms with Crippen molar-refractivity contribution in [2.24, 2.45) is 17.3 Å². The maximum absolute atomic E-state index is 10.6. The second-order valence-corrected chi connectivity index (χ2v) is 7.50. The van der Waals surface area contributed by atoms with Gasteiger partial charge in [-0.25, -0.2) is 0 Å². The van der Waals surface area contributed by atoms with Gasteiger partial charge in [-0.3, -0.25) is 0 Å². The third kappa shape index (κ3) is 1.77. The SMILES string of the molecule is C=CC1=CCC2C3C[C@@H](O)c4cc(O)ccc4C3CC[C@]12C. The Morgan fingerprint density at radius 1 is 1.32 bits per heavy atom. The van der Waals surface area contributed by atoms with E-state index in [0.29, 0.717) is 17.8 Å². The van der Waals surface area contributed by atoms with Crippen LogP contribution in [-0.2, 0) is 0 Å². The van der Waals surface area contributed by atoms with Crippen LogP contribution in [0.2, 0.25) is 0 Å². The molecule has 2 heteroatoms. The molecule has 3 aliphatic carbocycles. The van der Waals surface area contributed by atoms with Crippen LogP contribution in [0.5, 0.6) is 5.75 Å². The molecule has 0 spiro atoms. The molecule has 0 aliphatic heterocycles. The summed E-state index contributed by atoms with van der Waals surface area (Å²) < 4.78 is 0. The number of aliphatic hydroxyl groups is 1. The molecule has 1 aromatic carbocycles. The molecule has 116 valence electrons. The molecule has 3 aliphatic rings. The number of aliphatic hydroxyl groups excluding tert-OH is 1. The van der Waals surface area contributed by atoms with Gasteiger partial charge in [0.1, 0.15) is 5.75 Å². The summed E-state index contributed by atoms with van der Waals surface area (Å²) in [5, 5.41) is 20.3. The lowest BCUT2D eigenvalue weighted by Gasteiger charge is -2.51. The Kier molecular flexibility index (Phi) is 3.02. The van der Waals surface area contributed by atoms with E-state index in [1.807, 2.05) is 12.1 Å². The van der Waals surface area contributed by atoms with Gasteiger partial charge in [0.05, 0.1) is 6.10 Å². The Morgan fingerprint density at radius 2 is 2.14 bits per heavy atom. The number of hydrogen-bond donors (Lipinski definition) is 2. The number of allylic oxidation sites excluding steroid dienone is 3. The predicted octanol–water partition coefficient (Wildman–Crippen LogP) is 4.46. The lowest BCUT2D eigenvalue weighted by atomic mass is 9.54. The second-order valence-electron chi connectivity index (χ2n) is 7.50. The topological polar surface area (TPSA) is 40.5 Å². The molecule has 1 aromatic rings. The molecule has 22 heavy (non-hydrogen) atoms. The Balaban J connectivity index is 1.74. The third-order valence-corrected chi connectivity index (χ3v) is 6.62. The minimum atomic E-state index is -0.446. The van der Waals surface area contributed by atoms with Crippen molar-refractivity contribution in [1.29, 1.82) is 0 Å².